The summed E-state index contributed by atoms with van der Waals surface area (Å²) >= 11 is 12.5. The van der Waals surface area contributed by atoms with Crippen LogP contribution in [0.4, 0.5) is 0 Å². The minimum Gasteiger partial charge on any atom is -0.310 e. The van der Waals surface area contributed by atoms with Crippen molar-refractivity contribution in [1.82, 2.24) is 15.1 Å². The van der Waals surface area contributed by atoms with Gasteiger partial charge in [0.1, 0.15) is 0 Å². The number of aryl methyl sites for hydroxylation is 2. The molecule has 2 rings (SSSR count). The molecule has 114 valence electrons. The van der Waals surface area contributed by atoms with Crippen LogP contribution in [-0.4, -0.2) is 16.3 Å². The lowest BCUT2D eigenvalue weighted by atomic mass is 10.0. The van der Waals surface area contributed by atoms with Crippen molar-refractivity contribution in [2.45, 2.75) is 32.7 Å². The lowest BCUT2D eigenvalue weighted by molar-refractivity contribution is 0.529. The van der Waals surface area contributed by atoms with Crippen LogP contribution in [0.2, 0.25) is 10.0 Å². The molecule has 0 spiro atoms. The van der Waals surface area contributed by atoms with Crippen molar-refractivity contribution in [3.05, 3.63) is 51.3 Å². The molecule has 0 bridgehead atoms. The Hall–Kier alpha value is -1.03. The summed E-state index contributed by atoms with van der Waals surface area (Å²) in [5.41, 5.74) is 3.33. The van der Waals surface area contributed by atoms with Crippen molar-refractivity contribution in [3.63, 3.8) is 0 Å². The van der Waals surface area contributed by atoms with Gasteiger partial charge < -0.3 is 5.32 Å². The Morgan fingerprint density at radius 2 is 2.00 bits per heavy atom. The molecule has 3 nitrogen and oxygen atoms in total. The zero-order valence-corrected chi connectivity index (χ0v) is 14.2. The van der Waals surface area contributed by atoms with Crippen LogP contribution >= 0.6 is 23.2 Å². The zero-order valence-electron chi connectivity index (χ0n) is 12.7. The molecular weight excluding hydrogens is 305 g/mol. The number of hydrogen-bond acceptors (Lipinski definition) is 2. The van der Waals surface area contributed by atoms with Crippen molar-refractivity contribution in [3.8, 4) is 0 Å². The number of aromatic nitrogens is 2. The zero-order chi connectivity index (χ0) is 15.4. The first kappa shape index (κ1) is 16.3. The highest BCUT2D eigenvalue weighted by molar-refractivity contribution is 6.33. The average Bonchev–Trinajstić information content (AvgIpc) is 2.82. The molecule has 0 aliphatic carbocycles. The lowest BCUT2D eigenvalue weighted by Gasteiger charge is -2.20. The van der Waals surface area contributed by atoms with Gasteiger partial charge in [-0.3, -0.25) is 4.68 Å². The normalized spacial score (nSPS) is 12.6. The second-order valence-corrected chi connectivity index (χ2v) is 5.93. The molecule has 0 aliphatic heterocycles. The van der Waals surface area contributed by atoms with Crippen LogP contribution in [0.5, 0.6) is 0 Å². The smallest absolute Gasteiger partial charge is 0.0624 e. The molecule has 5 heteroatoms. The highest BCUT2D eigenvalue weighted by Crippen LogP contribution is 2.28. The van der Waals surface area contributed by atoms with E-state index in [1.165, 1.54) is 5.69 Å². The summed E-state index contributed by atoms with van der Waals surface area (Å²) in [7, 11) is 1.98. The fourth-order valence-electron chi connectivity index (χ4n) is 2.46. The Morgan fingerprint density at radius 1 is 1.24 bits per heavy atom. The van der Waals surface area contributed by atoms with Gasteiger partial charge in [0.05, 0.1) is 5.69 Å². The Balaban J connectivity index is 2.30. The van der Waals surface area contributed by atoms with E-state index in [2.05, 4.69) is 30.3 Å². The number of likely N-dealkylation sites (N-methyl/N-ethyl adjacent to an activating group) is 1. The molecule has 1 atom stereocenters. The summed E-state index contributed by atoms with van der Waals surface area (Å²) < 4.78 is 1.95. The van der Waals surface area contributed by atoms with Crippen LogP contribution in [0.25, 0.3) is 0 Å². The Kier molecular flexibility index (Phi) is 5.68. The predicted octanol–water partition coefficient (Wildman–Crippen LogP) is 4.18. The van der Waals surface area contributed by atoms with E-state index in [9.17, 15) is 0 Å². The summed E-state index contributed by atoms with van der Waals surface area (Å²) in [6.07, 6.45) is 1.77. The summed E-state index contributed by atoms with van der Waals surface area (Å²) in [6.45, 7) is 5.07. The maximum absolute atomic E-state index is 6.34. The third-order valence-corrected chi connectivity index (χ3v) is 4.17. The van der Waals surface area contributed by atoms with Crippen molar-refractivity contribution in [2.75, 3.05) is 6.54 Å². The maximum atomic E-state index is 6.34. The van der Waals surface area contributed by atoms with Gasteiger partial charge in [0, 0.05) is 35.2 Å². The molecular formula is C16H21Cl2N3. The predicted molar refractivity (Wildman–Crippen MR) is 89.2 cm³/mol. The SMILES string of the molecule is CCNC(Cc1cc(CC)nn1C)c1cc(Cl)ccc1Cl. The van der Waals surface area contributed by atoms with Crippen LogP contribution in [0.3, 0.4) is 0 Å². The second kappa shape index (κ2) is 7.30. The molecule has 0 aliphatic rings. The van der Waals surface area contributed by atoms with E-state index in [1.807, 2.05) is 29.9 Å². The quantitative estimate of drug-likeness (QED) is 0.863. The first-order valence-corrected chi connectivity index (χ1v) is 8.00. The second-order valence-electron chi connectivity index (χ2n) is 5.08. The average molecular weight is 326 g/mol. The molecule has 2 aromatic rings. The van der Waals surface area contributed by atoms with Crippen molar-refractivity contribution in [1.29, 1.82) is 0 Å². The molecule has 1 aromatic carbocycles. The fraction of sp³-hybridized carbons (Fsp3) is 0.438. The van der Waals surface area contributed by atoms with Crippen molar-refractivity contribution >= 4 is 23.2 Å². The molecule has 1 heterocycles. The molecule has 1 aromatic heterocycles. The number of rotatable bonds is 6. The van der Waals surface area contributed by atoms with E-state index in [-0.39, 0.29) is 6.04 Å². The van der Waals surface area contributed by atoms with Crippen LogP contribution in [0, 0.1) is 0 Å². The van der Waals surface area contributed by atoms with Gasteiger partial charge in [-0.25, -0.2) is 0 Å². The van der Waals surface area contributed by atoms with Gasteiger partial charge in [-0.1, -0.05) is 37.0 Å². The number of halogens is 2. The first-order valence-electron chi connectivity index (χ1n) is 7.25. The van der Waals surface area contributed by atoms with E-state index >= 15 is 0 Å². The molecule has 1 N–H and O–H groups in total. The van der Waals surface area contributed by atoms with Crippen molar-refractivity contribution in [2.24, 2.45) is 7.05 Å². The van der Waals surface area contributed by atoms with Crippen LogP contribution in [0.15, 0.2) is 24.3 Å². The minimum atomic E-state index is 0.126. The van der Waals surface area contributed by atoms with E-state index in [0.717, 1.165) is 35.7 Å². The highest BCUT2D eigenvalue weighted by Gasteiger charge is 2.17. The van der Waals surface area contributed by atoms with Crippen LogP contribution < -0.4 is 5.32 Å². The monoisotopic (exact) mass is 325 g/mol. The van der Waals surface area contributed by atoms with Crippen LogP contribution in [0.1, 0.15) is 36.8 Å². The molecule has 0 saturated carbocycles. The summed E-state index contributed by atoms with van der Waals surface area (Å²) in [5.74, 6) is 0. The van der Waals surface area contributed by atoms with Gasteiger partial charge in [-0.05, 0) is 42.8 Å². The first-order chi connectivity index (χ1) is 10.0. The number of nitrogens with zero attached hydrogens (tertiary/aromatic N) is 2. The Bertz CT molecular complexity index is 608. The van der Waals surface area contributed by atoms with Gasteiger partial charge in [0.2, 0.25) is 0 Å². The van der Waals surface area contributed by atoms with E-state index in [4.69, 9.17) is 23.2 Å². The third-order valence-electron chi connectivity index (χ3n) is 3.59. The van der Waals surface area contributed by atoms with E-state index in [1.54, 1.807) is 0 Å². The maximum Gasteiger partial charge on any atom is 0.0624 e. The molecule has 0 saturated heterocycles. The van der Waals surface area contributed by atoms with Crippen molar-refractivity contribution < 1.29 is 0 Å². The van der Waals surface area contributed by atoms with Crippen LogP contribution in [-0.2, 0) is 19.9 Å². The Morgan fingerprint density at radius 3 is 2.62 bits per heavy atom. The highest BCUT2D eigenvalue weighted by atomic mass is 35.5. The number of nitrogens with one attached hydrogen (secondary N) is 1. The number of hydrogen-bond donors (Lipinski definition) is 1. The standard InChI is InChI=1S/C16H21Cl2N3/c1-4-12-9-13(21(3)20-12)10-16(19-5-2)14-8-11(17)6-7-15(14)18/h6-9,16,19H,4-5,10H2,1-3H3. The molecule has 0 amide bonds. The molecule has 0 radical (unpaired) electrons. The van der Waals surface area contributed by atoms with E-state index < -0.39 is 0 Å². The molecule has 1 unspecified atom stereocenters. The topological polar surface area (TPSA) is 29.9 Å². The van der Waals surface area contributed by atoms with Gasteiger partial charge in [0.15, 0.2) is 0 Å². The summed E-state index contributed by atoms with van der Waals surface area (Å²) in [6, 6.07) is 7.89. The molecule has 21 heavy (non-hydrogen) atoms. The van der Waals surface area contributed by atoms with E-state index in [0.29, 0.717) is 5.02 Å². The van der Waals surface area contributed by atoms with Gasteiger partial charge >= 0.3 is 0 Å². The number of benzene rings is 1. The Labute approximate surface area is 136 Å². The van der Waals surface area contributed by atoms with Gasteiger partial charge in [0.25, 0.3) is 0 Å². The summed E-state index contributed by atoms with van der Waals surface area (Å²) in [5, 5.41) is 9.44. The van der Waals surface area contributed by atoms with Gasteiger partial charge in [-0.2, -0.15) is 5.10 Å². The fourth-order valence-corrected chi connectivity index (χ4v) is 2.89. The van der Waals surface area contributed by atoms with Gasteiger partial charge in [-0.15, -0.1) is 0 Å². The molecule has 0 fully saturated rings. The minimum absolute atomic E-state index is 0.126. The third kappa shape index (κ3) is 4.00. The lowest BCUT2D eigenvalue weighted by Crippen LogP contribution is -2.24. The summed E-state index contributed by atoms with van der Waals surface area (Å²) in [4.78, 5) is 0. The largest absolute Gasteiger partial charge is 0.310 e.